The first-order chi connectivity index (χ1) is 7.29. The van der Waals surface area contributed by atoms with E-state index in [1.807, 2.05) is 20.8 Å². The van der Waals surface area contributed by atoms with Crippen LogP contribution in [-0.2, 0) is 0 Å². The molecular formula is C12H16F2OS. The Morgan fingerprint density at radius 3 is 2.38 bits per heavy atom. The number of thioether (sulfide) groups is 1. The lowest BCUT2D eigenvalue weighted by atomic mass is 10.1. The van der Waals surface area contributed by atoms with Crippen LogP contribution < -0.4 is 0 Å². The Morgan fingerprint density at radius 2 is 1.88 bits per heavy atom. The monoisotopic (exact) mass is 246 g/mol. The largest absolute Gasteiger partial charge is 0.388 e. The summed E-state index contributed by atoms with van der Waals surface area (Å²) < 4.78 is 25.6. The van der Waals surface area contributed by atoms with Gasteiger partial charge in [0.05, 0.1) is 6.10 Å². The van der Waals surface area contributed by atoms with Crippen LogP contribution in [0.15, 0.2) is 18.2 Å². The van der Waals surface area contributed by atoms with Crippen molar-refractivity contribution in [2.45, 2.75) is 31.6 Å². The number of aliphatic hydroxyl groups excluding tert-OH is 1. The molecule has 0 saturated carbocycles. The molecule has 1 aromatic carbocycles. The second-order valence-corrected chi connectivity index (χ2v) is 6.46. The maximum atomic E-state index is 12.9. The Kier molecular flexibility index (Phi) is 4.33. The number of aliphatic hydroxyl groups is 1. The lowest BCUT2D eigenvalue weighted by Gasteiger charge is -2.20. The molecule has 1 N–H and O–H groups in total. The van der Waals surface area contributed by atoms with Gasteiger partial charge < -0.3 is 5.11 Å². The zero-order chi connectivity index (χ0) is 12.3. The van der Waals surface area contributed by atoms with Gasteiger partial charge in [-0.3, -0.25) is 0 Å². The van der Waals surface area contributed by atoms with Crippen LogP contribution in [0.4, 0.5) is 8.78 Å². The minimum atomic E-state index is -0.919. The summed E-state index contributed by atoms with van der Waals surface area (Å²) in [6.07, 6.45) is -0.765. The summed E-state index contributed by atoms with van der Waals surface area (Å²) in [5.74, 6) is -1.34. The molecule has 0 saturated heterocycles. The lowest BCUT2D eigenvalue weighted by Crippen LogP contribution is -2.12. The van der Waals surface area contributed by atoms with Crippen molar-refractivity contribution in [1.82, 2.24) is 0 Å². The van der Waals surface area contributed by atoms with Gasteiger partial charge in [-0.1, -0.05) is 26.8 Å². The highest BCUT2D eigenvalue weighted by Crippen LogP contribution is 2.28. The highest BCUT2D eigenvalue weighted by molar-refractivity contribution is 8.00. The third kappa shape index (κ3) is 4.10. The van der Waals surface area contributed by atoms with Gasteiger partial charge in [-0.05, 0) is 17.7 Å². The maximum Gasteiger partial charge on any atom is 0.159 e. The minimum Gasteiger partial charge on any atom is -0.388 e. The Bertz CT molecular complexity index is 361. The number of hydrogen-bond acceptors (Lipinski definition) is 2. The Morgan fingerprint density at radius 1 is 1.25 bits per heavy atom. The van der Waals surface area contributed by atoms with Crippen LogP contribution in [0.3, 0.4) is 0 Å². The smallest absolute Gasteiger partial charge is 0.159 e. The van der Waals surface area contributed by atoms with Crippen LogP contribution >= 0.6 is 11.8 Å². The molecule has 90 valence electrons. The van der Waals surface area contributed by atoms with Crippen LogP contribution in [0.25, 0.3) is 0 Å². The highest BCUT2D eigenvalue weighted by atomic mass is 32.2. The van der Waals surface area contributed by atoms with E-state index in [2.05, 4.69) is 0 Å². The van der Waals surface area contributed by atoms with E-state index in [-0.39, 0.29) is 4.75 Å². The van der Waals surface area contributed by atoms with E-state index in [0.717, 1.165) is 12.1 Å². The fourth-order valence-electron chi connectivity index (χ4n) is 1.14. The van der Waals surface area contributed by atoms with Crippen LogP contribution in [0.2, 0.25) is 0 Å². The Hall–Kier alpha value is -0.610. The average Bonchev–Trinajstić information content (AvgIpc) is 2.17. The van der Waals surface area contributed by atoms with E-state index in [1.54, 1.807) is 11.8 Å². The van der Waals surface area contributed by atoms with E-state index in [1.165, 1.54) is 6.07 Å². The van der Waals surface area contributed by atoms with E-state index in [0.29, 0.717) is 11.3 Å². The first-order valence-electron chi connectivity index (χ1n) is 5.06. The summed E-state index contributed by atoms with van der Waals surface area (Å²) in [6, 6.07) is 3.49. The van der Waals surface area contributed by atoms with Gasteiger partial charge in [-0.15, -0.1) is 0 Å². The molecule has 0 fully saturated rings. The molecule has 0 heterocycles. The number of halogens is 2. The summed E-state index contributed by atoms with van der Waals surface area (Å²) in [6.45, 7) is 6.11. The summed E-state index contributed by atoms with van der Waals surface area (Å²) >= 11 is 1.58. The lowest BCUT2D eigenvalue weighted by molar-refractivity contribution is 0.203. The van der Waals surface area contributed by atoms with Crippen molar-refractivity contribution in [2.75, 3.05) is 5.75 Å². The first-order valence-corrected chi connectivity index (χ1v) is 6.05. The first kappa shape index (κ1) is 13.5. The molecule has 0 bridgehead atoms. The topological polar surface area (TPSA) is 20.2 Å². The normalized spacial score (nSPS) is 13.9. The van der Waals surface area contributed by atoms with Crippen molar-refractivity contribution >= 4 is 11.8 Å². The van der Waals surface area contributed by atoms with Crippen LogP contribution in [0.1, 0.15) is 32.4 Å². The summed E-state index contributed by atoms with van der Waals surface area (Å²) in [5, 5.41) is 9.79. The molecule has 0 aliphatic rings. The van der Waals surface area contributed by atoms with Crippen molar-refractivity contribution in [3.8, 4) is 0 Å². The van der Waals surface area contributed by atoms with Crippen LogP contribution in [-0.4, -0.2) is 15.6 Å². The van der Waals surface area contributed by atoms with Crippen molar-refractivity contribution in [1.29, 1.82) is 0 Å². The summed E-state index contributed by atoms with van der Waals surface area (Å²) in [4.78, 5) is 0. The van der Waals surface area contributed by atoms with Gasteiger partial charge in [0, 0.05) is 10.5 Å². The second kappa shape index (κ2) is 5.15. The van der Waals surface area contributed by atoms with Gasteiger partial charge in [0.15, 0.2) is 11.6 Å². The number of rotatable bonds is 3. The third-order valence-electron chi connectivity index (χ3n) is 2.00. The predicted molar refractivity (Wildman–Crippen MR) is 63.5 cm³/mol. The quantitative estimate of drug-likeness (QED) is 0.880. The number of benzene rings is 1. The van der Waals surface area contributed by atoms with E-state index >= 15 is 0 Å². The van der Waals surface area contributed by atoms with Gasteiger partial charge >= 0.3 is 0 Å². The SMILES string of the molecule is CC(C)(C)SCC(O)c1ccc(F)c(F)c1. The maximum absolute atomic E-state index is 12.9. The standard InChI is InChI=1S/C12H16F2OS/c1-12(2,3)16-7-11(15)8-4-5-9(13)10(14)6-8/h4-6,11,15H,7H2,1-3H3. The molecular weight excluding hydrogens is 230 g/mol. The van der Waals surface area contributed by atoms with Crippen molar-refractivity contribution < 1.29 is 13.9 Å². The van der Waals surface area contributed by atoms with Gasteiger partial charge in [0.25, 0.3) is 0 Å². The van der Waals surface area contributed by atoms with Crippen molar-refractivity contribution in [3.63, 3.8) is 0 Å². The average molecular weight is 246 g/mol. The Balaban J connectivity index is 2.66. The van der Waals surface area contributed by atoms with Gasteiger partial charge in [-0.25, -0.2) is 8.78 Å². The molecule has 1 unspecified atom stereocenters. The fraction of sp³-hybridized carbons (Fsp3) is 0.500. The molecule has 0 aromatic heterocycles. The number of hydrogen-bond donors (Lipinski definition) is 1. The Labute approximate surface area is 98.9 Å². The molecule has 1 aromatic rings. The molecule has 16 heavy (non-hydrogen) atoms. The van der Waals surface area contributed by atoms with Gasteiger partial charge in [-0.2, -0.15) is 11.8 Å². The van der Waals surface area contributed by atoms with Crippen LogP contribution in [0, 0.1) is 11.6 Å². The zero-order valence-corrected chi connectivity index (χ0v) is 10.4. The molecule has 1 atom stereocenters. The molecule has 0 spiro atoms. The molecule has 4 heteroatoms. The van der Waals surface area contributed by atoms with Crippen molar-refractivity contribution in [3.05, 3.63) is 35.4 Å². The molecule has 0 aliphatic carbocycles. The molecule has 1 nitrogen and oxygen atoms in total. The molecule has 0 radical (unpaired) electrons. The fourth-order valence-corrected chi connectivity index (χ4v) is 2.00. The molecule has 0 aliphatic heterocycles. The summed E-state index contributed by atoms with van der Waals surface area (Å²) in [7, 11) is 0. The van der Waals surface area contributed by atoms with Crippen LogP contribution in [0.5, 0.6) is 0 Å². The predicted octanol–water partition coefficient (Wildman–Crippen LogP) is 3.53. The summed E-state index contributed by atoms with van der Waals surface area (Å²) in [5.41, 5.74) is 0.413. The van der Waals surface area contributed by atoms with E-state index in [9.17, 15) is 13.9 Å². The van der Waals surface area contributed by atoms with E-state index in [4.69, 9.17) is 0 Å². The second-order valence-electron chi connectivity index (χ2n) is 4.61. The molecule has 0 amide bonds. The third-order valence-corrected chi connectivity index (χ3v) is 3.35. The zero-order valence-electron chi connectivity index (χ0n) is 9.63. The highest BCUT2D eigenvalue weighted by Gasteiger charge is 2.16. The van der Waals surface area contributed by atoms with E-state index < -0.39 is 17.7 Å². The minimum absolute atomic E-state index is 0.0412. The van der Waals surface area contributed by atoms with Gasteiger partial charge in [0.2, 0.25) is 0 Å². The van der Waals surface area contributed by atoms with Gasteiger partial charge in [0.1, 0.15) is 0 Å². The molecule has 1 rings (SSSR count). The van der Waals surface area contributed by atoms with Crippen molar-refractivity contribution in [2.24, 2.45) is 0 Å².